The van der Waals surface area contributed by atoms with Gasteiger partial charge in [-0.1, -0.05) is 55.8 Å². The highest BCUT2D eigenvalue weighted by atomic mass is 35.5. The summed E-state index contributed by atoms with van der Waals surface area (Å²) in [6.45, 7) is 4.08. The minimum Gasteiger partial charge on any atom is -0.459 e. The number of carbonyl (C=O) groups excluding carboxylic acids is 2. The van der Waals surface area contributed by atoms with Crippen molar-refractivity contribution in [3.05, 3.63) is 89.7 Å². The van der Waals surface area contributed by atoms with Crippen LogP contribution in [0.1, 0.15) is 24.4 Å². The average Bonchev–Trinajstić information content (AvgIpc) is 3.51. The van der Waals surface area contributed by atoms with Gasteiger partial charge < -0.3 is 9.32 Å². The van der Waals surface area contributed by atoms with E-state index in [9.17, 15) is 14.0 Å². The number of imidazole rings is 1. The first-order chi connectivity index (χ1) is 16.8. The monoisotopic (exact) mass is 494 g/mol. The highest BCUT2D eigenvalue weighted by molar-refractivity contribution is 6.30. The lowest BCUT2D eigenvalue weighted by atomic mass is 10.2. The maximum atomic E-state index is 13.8. The summed E-state index contributed by atoms with van der Waals surface area (Å²) in [6.07, 6.45) is 3.14. The van der Waals surface area contributed by atoms with Crippen molar-refractivity contribution >= 4 is 29.4 Å². The van der Waals surface area contributed by atoms with E-state index in [1.54, 1.807) is 29.0 Å². The number of benzene rings is 2. The first-order valence-corrected chi connectivity index (χ1v) is 11.4. The predicted octanol–water partition coefficient (Wildman–Crippen LogP) is 5.66. The van der Waals surface area contributed by atoms with E-state index in [1.165, 1.54) is 23.3 Å². The third kappa shape index (κ3) is 5.78. The molecule has 0 unspecified atom stereocenters. The van der Waals surface area contributed by atoms with Gasteiger partial charge in [-0.15, -0.1) is 0 Å². The normalized spacial score (nSPS) is 11.0. The van der Waals surface area contributed by atoms with Crippen LogP contribution in [0.4, 0.5) is 10.3 Å². The molecule has 0 aliphatic rings. The number of furan rings is 1. The van der Waals surface area contributed by atoms with Gasteiger partial charge in [0.2, 0.25) is 11.9 Å². The summed E-state index contributed by atoms with van der Waals surface area (Å²) >= 11 is 6.00. The molecular formula is C26H24ClFN4O3. The van der Waals surface area contributed by atoms with Crippen molar-refractivity contribution in [2.75, 3.05) is 18.4 Å². The Morgan fingerprint density at radius 1 is 1.14 bits per heavy atom. The molecule has 0 fully saturated rings. The molecule has 2 aromatic heterocycles. The predicted molar refractivity (Wildman–Crippen MR) is 132 cm³/mol. The summed E-state index contributed by atoms with van der Waals surface area (Å²) in [5, 5.41) is 2.73. The van der Waals surface area contributed by atoms with Crippen LogP contribution in [0.3, 0.4) is 0 Å². The molecule has 2 heterocycles. The molecule has 0 saturated carbocycles. The van der Waals surface area contributed by atoms with Crippen molar-refractivity contribution in [2.24, 2.45) is 5.92 Å². The fourth-order valence-corrected chi connectivity index (χ4v) is 3.78. The van der Waals surface area contributed by atoms with Crippen molar-refractivity contribution in [3.8, 4) is 16.9 Å². The van der Waals surface area contributed by atoms with Crippen LogP contribution >= 0.6 is 11.6 Å². The van der Waals surface area contributed by atoms with Crippen molar-refractivity contribution < 1.29 is 18.4 Å². The first kappa shape index (κ1) is 24.2. The summed E-state index contributed by atoms with van der Waals surface area (Å²) in [5.74, 6) is -0.860. The van der Waals surface area contributed by atoms with Crippen LogP contribution in [-0.4, -0.2) is 39.4 Å². The molecule has 0 aliphatic carbocycles. The van der Waals surface area contributed by atoms with E-state index in [-0.39, 0.29) is 35.1 Å². The zero-order chi connectivity index (χ0) is 24.9. The van der Waals surface area contributed by atoms with Crippen molar-refractivity contribution in [2.45, 2.75) is 13.8 Å². The second-order valence-electron chi connectivity index (χ2n) is 8.39. The van der Waals surface area contributed by atoms with E-state index < -0.39 is 11.7 Å². The van der Waals surface area contributed by atoms with Crippen molar-refractivity contribution in [1.82, 2.24) is 14.5 Å². The van der Waals surface area contributed by atoms with Crippen molar-refractivity contribution in [1.29, 1.82) is 0 Å². The number of amides is 2. The van der Waals surface area contributed by atoms with Crippen LogP contribution in [0.15, 0.2) is 77.5 Å². The summed E-state index contributed by atoms with van der Waals surface area (Å²) in [6, 6.07) is 16.9. The quantitative estimate of drug-likeness (QED) is 0.342. The fourth-order valence-electron chi connectivity index (χ4n) is 3.60. The number of nitrogens with zero attached hydrogens (tertiary/aromatic N) is 3. The zero-order valence-electron chi connectivity index (χ0n) is 19.2. The Bertz CT molecular complexity index is 1320. The van der Waals surface area contributed by atoms with Gasteiger partial charge in [-0.2, -0.15) is 0 Å². The number of halogens is 2. The number of hydrogen-bond acceptors (Lipinski definition) is 4. The molecule has 0 bridgehead atoms. The third-order valence-corrected chi connectivity index (χ3v) is 5.44. The molecule has 0 aliphatic heterocycles. The van der Waals surface area contributed by atoms with Crippen LogP contribution in [0.5, 0.6) is 0 Å². The Labute approximate surface area is 207 Å². The van der Waals surface area contributed by atoms with Gasteiger partial charge in [0.1, 0.15) is 12.4 Å². The van der Waals surface area contributed by atoms with Crippen molar-refractivity contribution in [3.63, 3.8) is 0 Å². The molecule has 35 heavy (non-hydrogen) atoms. The molecule has 2 aromatic carbocycles. The zero-order valence-corrected chi connectivity index (χ0v) is 20.0. The molecule has 1 N–H and O–H groups in total. The van der Waals surface area contributed by atoms with Crippen LogP contribution in [-0.2, 0) is 4.79 Å². The van der Waals surface area contributed by atoms with Crippen LogP contribution < -0.4 is 5.32 Å². The second kappa shape index (κ2) is 10.6. The number of aromatic nitrogens is 2. The van der Waals surface area contributed by atoms with Gasteiger partial charge in [-0.05, 0) is 36.2 Å². The highest BCUT2D eigenvalue weighted by Gasteiger charge is 2.23. The number of hydrogen-bond donors (Lipinski definition) is 1. The molecule has 7 nitrogen and oxygen atoms in total. The van der Waals surface area contributed by atoms with E-state index in [4.69, 9.17) is 16.0 Å². The summed E-state index contributed by atoms with van der Waals surface area (Å²) < 4.78 is 20.6. The summed E-state index contributed by atoms with van der Waals surface area (Å²) in [7, 11) is 0. The van der Waals surface area contributed by atoms with Gasteiger partial charge in [-0.3, -0.25) is 19.5 Å². The largest absolute Gasteiger partial charge is 0.459 e. The molecule has 4 rings (SSSR count). The SMILES string of the molecule is CC(C)CN(CC(=O)Nc1nc(-c2ccccc2)cn1-c1ccc(F)c(Cl)c1)C(=O)c1ccco1. The summed E-state index contributed by atoms with van der Waals surface area (Å²) in [5.41, 5.74) is 1.96. The number of anilines is 1. The lowest BCUT2D eigenvalue weighted by Gasteiger charge is -2.23. The van der Waals surface area contributed by atoms with Crippen LogP contribution in [0, 0.1) is 11.7 Å². The number of rotatable bonds is 8. The standard InChI is InChI=1S/C26H24ClFN4O3/c1-17(2)14-31(25(34)23-9-6-12-35-23)16-24(33)30-26-29-22(18-7-4-3-5-8-18)15-32(26)19-10-11-21(28)20(27)13-19/h3-13,15,17H,14,16H2,1-2H3,(H,29,30,33). The van der Waals surface area contributed by atoms with Gasteiger partial charge in [-0.25, -0.2) is 9.37 Å². The molecule has 0 atom stereocenters. The highest BCUT2D eigenvalue weighted by Crippen LogP contribution is 2.26. The molecule has 0 radical (unpaired) electrons. The van der Waals surface area contributed by atoms with Gasteiger partial charge >= 0.3 is 0 Å². The van der Waals surface area contributed by atoms with Gasteiger partial charge in [0.25, 0.3) is 5.91 Å². The smallest absolute Gasteiger partial charge is 0.290 e. The molecule has 4 aromatic rings. The molecule has 180 valence electrons. The second-order valence-corrected chi connectivity index (χ2v) is 8.80. The molecular weight excluding hydrogens is 471 g/mol. The van der Waals surface area contributed by atoms with Gasteiger partial charge in [0.05, 0.1) is 22.7 Å². The number of carbonyl (C=O) groups is 2. The summed E-state index contributed by atoms with van der Waals surface area (Å²) in [4.78, 5) is 31.9. The maximum absolute atomic E-state index is 13.8. The molecule has 0 spiro atoms. The lowest BCUT2D eigenvalue weighted by Crippen LogP contribution is -2.40. The average molecular weight is 495 g/mol. The van der Waals surface area contributed by atoms with Crippen LogP contribution in [0.2, 0.25) is 5.02 Å². The van der Waals surface area contributed by atoms with E-state index in [2.05, 4.69) is 10.3 Å². The minimum absolute atomic E-state index is 0.0538. The topological polar surface area (TPSA) is 80.4 Å². The third-order valence-electron chi connectivity index (χ3n) is 5.15. The number of nitrogens with one attached hydrogen (secondary N) is 1. The Morgan fingerprint density at radius 3 is 2.57 bits per heavy atom. The van der Waals surface area contributed by atoms with E-state index in [0.717, 1.165) is 5.56 Å². The van der Waals surface area contributed by atoms with E-state index >= 15 is 0 Å². The Kier molecular flexibility index (Phi) is 7.31. The van der Waals surface area contributed by atoms with Gasteiger partial charge in [0, 0.05) is 18.3 Å². The Morgan fingerprint density at radius 2 is 1.91 bits per heavy atom. The Hall–Kier alpha value is -3.91. The molecule has 2 amide bonds. The fraction of sp³-hybridized carbons (Fsp3) is 0.192. The van der Waals surface area contributed by atoms with Crippen LogP contribution in [0.25, 0.3) is 16.9 Å². The maximum Gasteiger partial charge on any atom is 0.290 e. The Balaban J connectivity index is 1.63. The molecule has 9 heteroatoms. The molecule has 0 saturated heterocycles. The first-order valence-electron chi connectivity index (χ1n) is 11.0. The lowest BCUT2D eigenvalue weighted by molar-refractivity contribution is -0.117. The van der Waals surface area contributed by atoms with E-state index in [0.29, 0.717) is 17.9 Å². The van der Waals surface area contributed by atoms with Gasteiger partial charge in [0.15, 0.2) is 5.76 Å². The van der Waals surface area contributed by atoms with E-state index in [1.807, 2.05) is 44.2 Å². The minimum atomic E-state index is -0.551.